The second-order valence-electron chi connectivity index (χ2n) is 16.2. The van der Waals surface area contributed by atoms with Gasteiger partial charge >= 0.3 is 0 Å². The lowest BCUT2D eigenvalue weighted by atomic mass is 9.22. The summed E-state index contributed by atoms with van der Waals surface area (Å²) in [6.45, 7) is 23.4. The van der Waals surface area contributed by atoms with Crippen LogP contribution in [0.15, 0.2) is 114 Å². The topological polar surface area (TPSA) is 0 Å². The molecular weight excluding hydrogens is 516 g/mol. The van der Waals surface area contributed by atoms with Crippen LogP contribution in [0.4, 0.5) is 0 Å². The molecule has 0 aromatic heterocycles. The van der Waals surface area contributed by atoms with Gasteiger partial charge in [-0.25, -0.2) is 0 Å². The van der Waals surface area contributed by atoms with Crippen LogP contribution >= 0.6 is 0 Å². The summed E-state index contributed by atoms with van der Waals surface area (Å²) in [5.74, 6) is 0.796. The second-order valence-corrected chi connectivity index (χ2v) is 16.2. The largest absolute Gasteiger partial charge is 0.0805 e. The monoisotopic (exact) mass is 564 g/mol. The third kappa shape index (κ3) is 2.52. The Labute approximate surface area is 259 Å². The molecule has 0 saturated heterocycles. The van der Waals surface area contributed by atoms with Crippen LogP contribution in [0.2, 0.25) is 0 Å². The molecule has 0 heteroatoms. The van der Waals surface area contributed by atoms with E-state index in [1.807, 2.05) is 0 Å². The molecule has 0 radical (unpaired) electrons. The molecule has 0 amide bonds. The molecule has 0 spiro atoms. The molecule has 220 valence electrons. The highest BCUT2D eigenvalue weighted by Gasteiger charge is 2.85. The standard InChI is InChI=1S/C43H48/c1-28-26-34-32-19-11-10-17-30(32)21-22-33(34)36(28)35-20-15-25-38(4)37(3)23-12-13-24-39(37,5)43(9)40(6,42(35,38)8)27-31-18-14-16-29(2)41(31,43)7/h10-26,31,36H,27H2,1-9H3. The normalized spacial score (nSPS) is 46.9. The first-order chi connectivity index (χ1) is 20.3. The van der Waals surface area contributed by atoms with E-state index in [4.69, 9.17) is 0 Å². The smallest absolute Gasteiger partial charge is 0.0273 e. The van der Waals surface area contributed by atoms with Gasteiger partial charge in [0.25, 0.3) is 0 Å². The maximum atomic E-state index is 2.72. The molecule has 2 fully saturated rings. The maximum absolute atomic E-state index is 2.72. The van der Waals surface area contributed by atoms with Crippen molar-refractivity contribution in [3.63, 3.8) is 0 Å². The molecule has 2 saturated carbocycles. The maximum Gasteiger partial charge on any atom is 0.0273 e. The van der Waals surface area contributed by atoms with Crippen molar-refractivity contribution in [3.8, 4) is 0 Å². The van der Waals surface area contributed by atoms with E-state index in [2.05, 4.69) is 166 Å². The number of hydrogen-bond donors (Lipinski definition) is 0. The fraction of sp³-hybridized carbons (Fsp3) is 0.442. The van der Waals surface area contributed by atoms with Crippen LogP contribution < -0.4 is 0 Å². The molecule has 0 nitrogen and oxygen atoms in total. The van der Waals surface area contributed by atoms with Crippen LogP contribution in [0.5, 0.6) is 0 Å². The lowest BCUT2D eigenvalue weighted by Crippen LogP contribution is -2.76. The minimum absolute atomic E-state index is 0.0121. The van der Waals surface area contributed by atoms with Gasteiger partial charge in [0.15, 0.2) is 0 Å². The first kappa shape index (κ1) is 27.4. The highest BCUT2D eigenvalue weighted by atomic mass is 14.9. The molecule has 6 aliphatic carbocycles. The fourth-order valence-corrected chi connectivity index (χ4v) is 12.9. The Kier molecular flexibility index (Phi) is 5.06. The Balaban J connectivity index is 1.45. The van der Waals surface area contributed by atoms with Gasteiger partial charge in [0.05, 0.1) is 0 Å². The van der Waals surface area contributed by atoms with E-state index >= 15 is 0 Å². The van der Waals surface area contributed by atoms with Crippen LogP contribution in [0.25, 0.3) is 16.8 Å². The Bertz CT molecular complexity index is 1840. The Morgan fingerprint density at radius 3 is 2.16 bits per heavy atom. The zero-order valence-electron chi connectivity index (χ0n) is 27.7. The summed E-state index contributed by atoms with van der Waals surface area (Å²) in [7, 11) is 0. The first-order valence-electron chi connectivity index (χ1n) is 16.6. The van der Waals surface area contributed by atoms with Crippen LogP contribution in [-0.2, 0) is 0 Å². The molecule has 0 aliphatic heterocycles. The highest BCUT2D eigenvalue weighted by molar-refractivity contribution is 5.95. The van der Waals surface area contributed by atoms with E-state index in [9.17, 15) is 0 Å². The summed E-state index contributed by atoms with van der Waals surface area (Å²) in [6, 6.07) is 13.7. The van der Waals surface area contributed by atoms with Gasteiger partial charge in [0.2, 0.25) is 0 Å². The average Bonchev–Trinajstić information content (AvgIpc) is 3.42. The molecule has 8 rings (SSSR count). The molecular formula is C43H48. The van der Waals surface area contributed by atoms with Gasteiger partial charge in [0.1, 0.15) is 0 Å². The molecule has 9 atom stereocenters. The molecule has 0 bridgehead atoms. The molecule has 0 N–H and O–H groups in total. The van der Waals surface area contributed by atoms with Crippen molar-refractivity contribution < 1.29 is 0 Å². The van der Waals surface area contributed by atoms with Crippen molar-refractivity contribution in [1.82, 2.24) is 0 Å². The predicted molar refractivity (Wildman–Crippen MR) is 184 cm³/mol. The van der Waals surface area contributed by atoms with Gasteiger partial charge in [0, 0.05) is 33.0 Å². The van der Waals surface area contributed by atoms with Crippen molar-refractivity contribution in [2.45, 2.75) is 74.7 Å². The van der Waals surface area contributed by atoms with Crippen LogP contribution in [-0.4, -0.2) is 0 Å². The fourth-order valence-electron chi connectivity index (χ4n) is 12.9. The Morgan fingerprint density at radius 2 is 1.40 bits per heavy atom. The molecule has 2 aromatic carbocycles. The summed E-state index contributed by atoms with van der Waals surface area (Å²) in [5, 5.41) is 2.72. The quantitative estimate of drug-likeness (QED) is 0.323. The molecule has 0 heterocycles. The average molecular weight is 565 g/mol. The molecule has 43 heavy (non-hydrogen) atoms. The summed E-state index contributed by atoms with van der Waals surface area (Å²) >= 11 is 0. The van der Waals surface area contributed by atoms with Crippen molar-refractivity contribution >= 4 is 16.8 Å². The van der Waals surface area contributed by atoms with Crippen LogP contribution in [0.1, 0.15) is 85.8 Å². The molecule has 6 aliphatic rings. The van der Waals surface area contributed by atoms with Gasteiger partial charge in [-0.2, -0.15) is 0 Å². The van der Waals surface area contributed by atoms with E-state index in [1.165, 1.54) is 33.9 Å². The zero-order valence-corrected chi connectivity index (χ0v) is 27.7. The number of benzene rings is 2. The van der Waals surface area contributed by atoms with Crippen molar-refractivity contribution in [1.29, 1.82) is 0 Å². The number of allylic oxidation sites excluding steroid dienone is 13. The first-order valence-corrected chi connectivity index (χ1v) is 16.6. The summed E-state index contributed by atoms with van der Waals surface area (Å²) in [6.07, 6.45) is 28.6. The van der Waals surface area contributed by atoms with E-state index in [1.54, 1.807) is 11.1 Å². The van der Waals surface area contributed by atoms with E-state index in [0.717, 1.165) is 0 Å². The summed E-state index contributed by atoms with van der Waals surface area (Å²) in [5.41, 5.74) is 7.27. The number of hydrogen-bond acceptors (Lipinski definition) is 0. The van der Waals surface area contributed by atoms with Crippen LogP contribution in [0, 0.1) is 43.8 Å². The van der Waals surface area contributed by atoms with E-state index in [-0.39, 0.29) is 43.8 Å². The summed E-state index contributed by atoms with van der Waals surface area (Å²) in [4.78, 5) is 0. The lowest BCUT2D eigenvalue weighted by Gasteiger charge is -2.80. The van der Waals surface area contributed by atoms with Crippen LogP contribution in [0.3, 0.4) is 0 Å². The number of rotatable bonds is 1. The SMILES string of the molecule is CC1=Cc2c(ccc3ccccc23)C1C1=CC=CC2(C)C3(C)C=CC=CC3(C)C3(C)C4(C)C(C)=CC=CC4CC3(C)C12C. The lowest BCUT2D eigenvalue weighted by molar-refractivity contribution is -0.267. The minimum Gasteiger partial charge on any atom is -0.0805 e. The molecule has 2 aromatic rings. The van der Waals surface area contributed by atoms with Crippen molar-refractivity contribution in [3.05, 3.63) is 125 Å². The zero-order chi connectivity index (χ0) is 30.4. The van der Waals surface area contributed by atoms with Gasteiger partial charge < -0.3 is 0 Å². The molecule has 9 unspecified atom stereocenters. The minimum atomic E-state index is -0.102. The third-order valence-electron chi connectivity index (χ3n) is 16.1. The van der Waals surface area contributed by atoms with Gasteiger partial charge in [-0.3, -0.25) is 0 Å². The summed E-state index contributed by atoms with van der Waals surface area (Å²) < 4.78 is 0. The highest BCUT2D eigenvalue weighted by Crippen LogP contribution is 2.91. The number of fused-ring (bicyclic) bond motifs is 11. The van der Waals surface area contributed by atoms with Gasteiger partial charge in [-0.1, -0.05) is 168 Å². The Morgan fingerprint density at radius 1 is 0.698 bits per heavy atom. The third-order valence-corrected chi connectivity index (χ3v) is 16.1. The van der Waals surface area contributed by atoms with Gasteiger partial charge in [-0.05, 0) is 58.9 Å². The Hall–Kier alpha value is -3.12. The van der Waals surface area contributed by atoms with E-state index in [0.29, 0.717) is 5.92 Å². The van der Waals surface area contributed by atoms with Gasteiger partial charge in [-0.15, -0.1) is 0 Å². The predicted octanol–water partition coefficient (Wildman–Crippen LogP) is 11.6. The van der Waals surface area contributed by atoms with E-state index < -0.39 is 0 Å². The van der Waals surface area contributed by atoms with Crippen molar-refractivity contribution in [2.75, 3.05) is 0 Å². The second kappa shape index (κ2) is 7.93. The van der Waals surface area contributed by atoms with Crippen molar-refractivity contribution in [2.24, 2.45) is 43.8 Å².